The second-order valence-electron chi connectivity index (χ2n) is 9.29. The van der Waals surface area contributed by atoms with Crippen LogP contribution in [0.25, 0.3) is 16.5 Å². The number of ether oxygens (including phenoxy) is 1. The number of benzene rings is 3. The molecule has 15 heteroatoms. The average molecular weight is 659 g/mol. The number of hydrogen-bond donors (Lipinski definition) is 1. The van der Waals surface area contributed by atoms with Gasteiger partial charge < -0.3 is 9.64 Å². The lowest BCUT2D eigenvalue weighted by atomic mass is 10.1. The van der Waals surface area contributed by atoms with Crippen LogP contribution in [0.2, 0.25) is 10.0 Å². The van der Waals surface area contributed by atoms with Crippen molar-refractivity contribution in [3.8, 4) is 11.4 Å². The van der Waals surface area contributed by atoms with E-state index in [1.807, 2.05) is 63.2 Å². The molecule has 0 aliphatic carbocycles. The number of hydrogen-bond acceptors (Lipinski definition) is 6. The fraction of sp³-hybridized carbons (Fsp3) is 0.321. The Morgan fingerprint density at radius 1 is 1.07 bits per heavy atom. The van der Waals surface area contributed by atoms with Gasteiger partial charge in [0.05, 0.1) is 27.7 Å². The summed E-state index contributed by atoms with van der Waals surface area (Å²) in [5, 5.41) is 5.78. The Balaban J connectivity index is 0.000000238. The Labute approximate surface area is 257 Å². The zero-order valence-electron chi connectivity index (χ0n) is 24.0. The van der Waals surface area contributed by atoms with Crippen LogP contribution in [0.15, 0.2) is 59.4 Å². The predicted octanol–water partition coefficient (Wildman–Crippen LogP) is 5.89. The smallest absolute Gasteiger partial charge is 0.355 e. The summed E-state index contributed by atoms with van der Waals surface area (Å²) >= 11 is 11.8. The highest BCUT2D eigenvalue weighted by molar-refractivity contribution is 7.92. The SMILES string of the molecule is CCN(CC)C(=O)C(C)Oc1cccc2ccccc12.Cc1nn(-c2cc(NS(C)(=O)=O)c(Cl)cc2Cl)c(=O)n1C(F)F. The van der Waals surface area contributed by atoms with E-state index in [0.717, 1.165) is 28.8 Å². The van der Waals surface area contributed by atoms with Crippen molar-refractivity contribution in [3.63, 3.8) is 0 Å². The predicted molar refractivity (Wildman–Crippen MR) is 164 cm³/mol. The normalized spacial score (nSPS) is 12.0. The summed E-state index contributed by atoms with van der Waals surface area (Å²) in [5.74, 6) is 0.563. The van der Waals surface area contributed by atoms with Gasteiger partial charge in [-0.1, -0.05) is 59.6 Å². The minimum absolute atomic E-state index is 0.0257. The number of aromatic nitrogens is 3. The van der Waals surface area contributed by atoms with Gasteiger partial charge in [0.25, 0.3) is 5.91 Å². The third-order valence-corrected chi connectivity index (χ3v) is 7.42. The van der Waals surface area contributed by atoms with E-state index in [4.69, 9.17) is 27.9 Å². The van der Waals surface area contributed by atoms with Gasteiger partial charge in [-0.2, -0.15) is 13.5 Å². The number of likely N-dealkylation sites (N-methyl/N-ethyl adjacent to an activating group) is 1. The second kappa shape index (κ2) is 14.2. The first-order valence-electron chi connectivity index (χ1n) is 13.0. The maximum Gasteiger partial charge on any atom is 0.355 e. The molecule has 0 saturated heterocycles. The lowest BCUT2D eigenvalue weighted by Crippen LogP contribution is -2.40. The highest BCUT2D eigenvalue weighted by Gasteiger charge is 2.22. The van der Waals surface area contributed by atoms with Crippen LogP contribution in [0.5, 0.6) is 5.75 Å². The van der Waals surface area contributed by atoms with E-state index in [2.05, 4.69) is 9.82 Å². The molecule has 1 atom stereocenters. The standard InChI is InChI=1S/C17H21NO2.C11H10Cl2F2N4O3S/c1-4-18(5-2)17(19)13(3)20-16-12-8-10-14-9-6-7-11-15(14)16;1-5-16-19(11(20)18(5)10(14)15)9-4-8(17-23(2,21)22)6(12)3-7(9)13/h6-13H,4-5H2,1-3H3;3-4,10,17H,1-2H3. The number of aryl methyl sites for hydroxylation is 1. The molecule has 0 radical (unpaired) electrons. The van der Waals surface area contributed by atoms with Gasteiger partial charge in [0, 0.05) is 18.5 Å². The van der Waals surface area contributed by atoms with E-state index in [1.54, 1.807) is 4.90 Å². The van der Waals surface area contributed by atoms with Gasteiger partial charge in [0.2, 0.25) is 10.0 Å². The summed E-state index contributed by atoms with van der Waals surface area (Å²) in [7, 11) is -3.65. The van der Waals surface area contributed by atoms with Crippen molar-refractivity contribution in [2.45, 2.75) is 40.3 Å². The molecule has 3 aromatic carbocycles. The van der Waals surface area contributed by atoms with E-state index in [1.165, 1.54) is 13.0 Å². The number of anilines is 1. The minimum Gasteiger partial charge on any atom is -0.480 e. The van der Waals surface area contributed by atoms with Crippen LogP contribution in [-0.4, -0.2) is 59.0 Å². The Kier molecular flexibility index (Phi) is 11.2. The fourth-order valence-corrected chi connectivity index (χ4v) is 5.30. The first-order chi connectivity index (χ1) is 20.2. The van der Waals surface area contributed by atoms with Gasteiger partial charge in [0.1, 0.15) is 11.6 Å². The van der Waals surface area contributed by atoms with Crippen molar-refractivity contribution in [2.24, 2.45) is 0 Å². The van der Waals surface area contributed by atoms with Crippen LogP contribution in [0.4, 0.5) is 14.5 Å². The quantitative estimate of drug-likeness (QED) is 0.240. The van der Waals surface area contributed by atoms with Crippen LogP contribution in [-0.2, 0) is 14.8 Å². The summed E-state index contributed by atoms with van der Waals surface area (Å²) in [6, 6.07) is 16.2. The van der Waals surface area contributed by atoms with Gasteiger partial charge in [-0.3, -0.25) is 9.52 Å². The monoisotopic (exact) mass is 657 g/mol. The third-order valence-electron chi connectivity index (χ3n) is 6.21. The number of carbonyl (C=O) groups excluding carboxylic acids is 1. The lowest BCUT2D eigenvalue weighted by Gasteiger charge is -2.23. The molecule has 0 fully saturated rings. The molecule has 0 aliphatic heterocycles. The van der Waals surface area contributed by atoms with E-state index in [9.17, 15) is 26.8 Å². The summed E-state index contributed by atoms with van der Waals surface area (Å²) < 4.78 is 57.2. The first-order valence-corrected chi connectivity index (χ1v) is 15.7. The Morgan fingerprint density at radius 2 is 1.70 bits per heavy atom. The molecule has 0 bridgehead atoms. The molecule has 4 rings (SSSR count). The maximum absolute atomic E-state index is 12.8. The van der Waals surface area contributed by atoms with Crippen LogP contribution in [0, 0.1) is 6.92 Å². The van der Waals surface area contributed by atoms with Crippen molar-refractivity contribution >= 4 is 55.6 Å². The maximum atomic E-state index is 12.8. The van der Waals surface area contributed by atoms with Crippen LogP contribution in [0.1, 0.15) is 33.1 Å². The summed E-state index contributed by atoms with van der Waals surface area (Å²) in [6.07, 6.45) is 0.431. The zero-order valence-corrected chi connectivity index (χ0v) is 26.3. The fourth-order valence-electron chi connectivity index (χ4n) is 4.17. The topological polar surface area (TPSA) is 116 Å². The molecule has 0 aliphatic rings. The van der Waals surface area contributed by atoms with Crippen molar-refractivity contribution in [3.05, 3.63) is 81.0 Å². The van der Waals surface area contributed by atoms with Crippen LogP contribution < -0.4 is 15.1 Å². The van der Waals surface area contributed by atoms with Gasteiger partial charge in [-0.25, -0.2) is 17.8 Å². The number of halogens is 4. The van der Waals surface area contributed by atoms with Gasteiger partial charge >= 0.3 is 12.2 Å². The average Bonchev–Trinajstić information content (AvgIpc) is 3.24. The molecule has 1 heterocycles. The van der Waals surface area contributed by atoms with Crippen LogP contribution in [0.3, 0.4) is 0 Å². The molecule has 1 unspecified atom stereocenters. The molecule has 0 spiro atoms. The Bertz CT molecular complexity index is 1770. The molecule has 232 valence electrons. The van der Waals surface area contributed by atoms with Crippen molar-refractivity contribution in [2.75, 3.05) is 24.1 Å². The van der Waals surface area contributed by atoms with Crippen molar-refractivity contribution < 1.29 is 26.7 Å². The van der Waals surface area contributed by atoms with Gasteiger partial charge in [0.15, 0.2) is 6.10 Å². The molecule has 43 heavy (non-hydrogen) atoms. The van der Waals surface area contributed by atoms with E-state index in [-0.39, 0.29) is 37.7 Å². The van der Waals surface area contributed by atoms with E-state index >= 15 is 0 Å². The molecule has 0 saturated carbocycles. The summed E-state index contributed by atoms with van der Waals surface area (Å²) in [5.41, 5.74) is -1.27. The number of nitrogens with zero attached hydrogens (tertiary/aromatic N) is 4. The van der Waals surface area contributed by atoms with Crippen LogP contribution >= 0.6 is 23.2 Å². The Hall–Kier alpha value is -3.68. The number of amides is 1. The Morgan fingerprint density at radius 3 is 2.28 bits per heavy atom. The van der Waals surface area contributed by atoms with E-state index in [0.29, 0.717) is 17.8 Å². The number of fused-ring (bicyclic) bond motifs is 1. The number of carbonyl (C=O) groups is 1. The second-order valence-corrected chi connectivity index (χ2v) is 11.9. The number of sulfonamides is 1. The molecule has 1 aromatic heterocycles. The van der Waals surface area contributed by atoms with Gasteiger partial charge in [-0.15, -0.1) is 5.10 Å². The molecular weight excluding hydrogens is 627 g/mol. The summed E-state index contributed by atoms with van der Waals surface area (Å²) in [4.78, 5) is 26.1. The van der Waals surface area contributed by atoms with Gasteiger partial charge in [-0.05, 0) is 51.3 Å². The largest absolute Gasteiger partial charge is 0.480 e. The zero-order chi connectivity index (χ0) is 32.1. The molecule has 10 nitrogen and oxygen atoms in total. The molecular formula is C28H31Cl2F2N5O5S. The number of rotatable bonds is 9. The van der Waals surface area contributed by atoms with Crippen molar-refractivity contribution in [1.29, 1.82) is 0 Å². The molecule has 1 amide bonds. The van der Waals surface area contributed by atoms with E-state index < -0.39 is 28.4 Å². The molecule has 4 aromatic rings. The number of alkyl halides is 2. The minimum atomic E-state index is -3.65. The number of nitrogens with one attached hydrogen (secondary N) is 1. The molecule has 1 N–H and O–H groups in total. The lowest BCUT2D eigenvalue weighted by molar-refractivity contribution is -0.137. The highest BCUT2D eigenvalue weighted by atomic mass is 35.5. The third kappa shape index (κ3) is 8.24. The van der Waals surface area contributed by atoms with Crippen molar-refractivity contribution in [1.82, 2.24) is 19.2 Å². The summed E-state index contributed by atoms with van der Waals surface area (Å²) in [6.45, 7) is 5.33. The highest BCUT2D eigenvalue weighted by Crippen LogP contribution is 2.31. The first kappa shape index (κ1) is 33.8.